The van der Waals surface area contributed by atoms with Crippen molar-refractivity contribution in [2.75, 3.05) is 35.2 Å². The molecule has 1 fully saturated rings. The topological polar surface area (TPSA) is 78.4 Å². The Labute approximate surface area is 259 Å². The summed E-state index contributed by atoms with van der Waals surface area (Å²) in [7, 11) is 0. The highest BCUT2D eigenvalue weighted by Gasteiger charge is 2.35. The van der Waals surface area contributed by atoms with Gasteiger partial charge in [0.05, 0.1) is 11.4 Å². The summed E-state index contributed by atoms with van der Waals surface area (Å²) in [5.74, 6) is 0.561. The highest BCUT2D eigenvalue weighted by atomic mass is 32.1. The number of piperidine rings is 1. The summed E-state index contributed by atoms with van der Waals surface area (Å²) >= 11 is 5.78. The lowest BCUT2D eigenvalue weighted by molar-refractivity contribution is 0.0954. The second kappa shape index (κ2) is 12.8. The van der Waals surface area contributed by atoms with E-state index in [2.05, 4.69) is 65.0 Å². The fraction of sp³-hybridized carbons (Fsp3) is 0.400. The summed E-state index contributed by atoms with van der Waals surface area (Å²) in [4.78, 5) is 28.2. The van der Waals surface area contributed by atoms with Crippen molar-refractivity contribution < 1.29 is 4.79 Å². The van der Waals surface area contributed by atoms with Crippen molar-refractivity contribution in [3.8, 4) is 0 Å². The monoisotopic (exact) mass is 595 g/mol. The summed E-state index contributed by atoms with van der Waals surface area (Å²) < 4.78 is 1.95. The van der Waals surface area contributed by atoms with Crippen LogP contribution in [0.3, 0.4) is 0 Å². The van der Waals surface area contributed by atoms with Crippen LogP contribution < -0.4 is 26.4 Å². The third kappa shape index (κ3) is 6.85. The predicted molar refractivity (Wildman–Crippen MR) is 179 cm³/mol. The van der Waals surface area contributed by atoms with E-state index in [0.29, 0.717) is 23.1 Å². The van der Waals surface area contributed by atoms with Gasteiger partial charge in [-0.2, -0.15) is 0 Å². The van der Waals surface area contributed by atoms with Gasteiger partial charge in [0, 0.05) is 55.1 Å². The average Bonchev–Trinajstić information content (AvgIpc) is 2.97. The third-order valence-corrected chi connectivity index (χ3v) is 9.13. The SMILES string of the molecule is Cc1cc(C)cc(NC(=S)Nc2cc(C(=O)NCCC3=CCCCC3)ccc2N2CC3CC(C2)c2cccc(=O)n2C3)c1. The minimum atomic E-state index is -0.0805. The number of pyridine rings is 1. The highest BCUT2D eigenvalue weighted by Crippen LogP contribution is 2.39. The van der Waals surface area contributed by atoms with E-state index < -0.39 is 0 Å². The van der Waals surface area contributed by atoms with Gasteiger partial charge in [-0.1, -0.05) is 23.8 Å². The number of anilines is 3. The molecule has 3 heterocycles. The van der Waals surface area contributed by atoms with Crippen molar-refractivity contribution in [2.24, 2.45) is 5.92 Å². The molecule has 0 saturated carbocycles. The van der Waals surface area contributed by atoms with Crippen LogP contribution in [0.2, 0.25) is 0 Å². The van der Waals surface area contributed by atoms with Crippen LogP contribution in [0.5, 0.6) is 0 Å². The maximum Gasteiger partial charge on any atom is 0.251 e. The molecule has 3 N–H and O–H groups in total. The minimum Gasteiger partial charge on any atom is -0.369 e. The van der Waals surface area contributed by atoms with Gasteiger partial charge in [0.15, 0.2) is 5.11 Å². The number of allylic oxidation sites excluding steroid dienone is 1. The van der Waals surface area contributed by atoms with Gasteiger partial charge < -0.3 is 25.4 Å². The fourth-order valence-electron chi connectivity index (χ4n) is 7.05. The molecule has 3 aromatic rings. The van der Waals surface area contributed by atoms with E-state index in [0.717, 1.165) is 79.2 Å². The van der Waals surface area contributed by atoms with E-state index in [-0.39, 0.29) is 17.4 Å². The average molecular weight is 596 g/mol. The number of fused-ring (bicyclic) bond motifs is 4. The molecule has 43 heavy (non-hydrogen) atoms. The summed E-state index contributed by atoms with van der Waals surface area (Å²) in [6.07, 6.45) is 9.11. The van der Waals surface area contributed by atoms with Gasteiger partial charge >= 0.3 is 0 Å². The Balaban J connectivity index is 1.24. The number of hydrogen-bond acceptors (Lipinski definition) is 4. The first-order chi connectivity index (χ1) is 20.8. The quantitative estimate of drug-likeness (QED) is 0.213. The zero-order valence-electron chi connectivity index (χ0n) is 25.1. The van der Waals surface area contributed by atoms with E-state index in [1.165, 1.54) is 18.4 Å². The van der Waals surface area contributed by atoms with E-state index in [1.807, 2.05) is 28.8 Å². The molecule has 2 aliphatic heterocycles. The molecule has 7 nitrogen and oxygen atoms in total. The van der Waals surface area contributed by atoms with Crippen LogP contribution in [0, 0.1) is 19.8 Å². The van der Waals surface area contributed by atoms with Gasteiger partial charge in [0.1, 0.15) is 0 Å². The first-order valence-corrected chi connectivity index (χ1v) is 15.9. The third-order valence-electron chi connectivity index (χ3n) is 8.92. The van der Waals surface area contributed by atoms with Crippen LogP contribution in [-0.2, 0) is 6.54 Å². The summed E-state index contributed by atoms with van der Waals surface area (Å²) in [5.41, 5.74) is 8.31. The van der Waals surface area contributed by atoms with Crippen LogP contribution in [0.4, 0.5) is 17.1 Å². The summed E-state index contributed by atoms with van der Waals surface area (Å²) in [6, 6.07) is 17.8. The molecule has 2 aromatic carbocycles. The second-order valence-corrected chi connectivity index (χ2v) is 12.8. The number of benzene rings is 2. The fourth-order valence-corrected chi connectivity index (χ4v) is 7.28. The molecular weight excluding hydrogens is 554 g/mol. The molecule has 1 saturated heterocycles. The number of amides is 1. The Hall–Kier alpha value is -3.91. The molecule has 3 aliphatic rings. The molecular formula is C35H41N5O2S. The minimum absolute atomic E-state index is 0.0805. The van der Waals surface area contributed by atoms with E-state index in [4.69, 9.17) is 12.2 Å². The Morgan fingerprint density at radius 2 is 1.81 bits per heavy atom. The largest absolute Gasteiger partial charge is 0.369 e. The molecule has 2 bridgehead atoms. The molecule has 1 aliphatic carbocycles. The van der Waals surface area contributed by atoms with Crippen molar-refractivity contribution >= 4 is 40.3 Å². The van der Waals surface area contributed by atoms with E-state index >= 15 is 0 Å². The lowest BCUT2D eigenvalue weighted by Gasteiger charge is -2.44. The standard InChI is InChI=1S/C35H41N5O2S/c1-23-15-24(2)17-29(16-23)37-35(43)38-30-19-27(34(42)36-14-13-25-7-4-3-5-8-25)11-12-32(30)39-20-26-18-28(22-39)31-9-6-10-33(41)40(31)21-26/h6-7,9-12,15-17,19,26,28H,3-5,8,13-14,18,20-22H2,1-2H3,(H,36,42)(H2,37,38,43). The van der Waals surface area contributed by atoms with E-state index in [1.54, 1.807) is 6.07 Å². The number of rotatable bonds is 7. The molecule has 2 atom stereocenters. The highest BCUT2D eigenvalue weighted by molar-refractivity contribution is 7.80. The van der Waals surface area contributed by atoms with Crippen molar-refractivity contribution in [1.82, 2.24) is 9.88 Å². The van der Waals surface area contributed by atoms with Crippen molar-refractivity contribution in [3.05, 3.63) is 99.0 Å². The van der Waals surface area contributed by atoms with Gasteiger partial charge in [0.2, 0.25) is 0 Å². The normalized spacial score (nSPS) is 19.2. The number of aryl methyl sites for hydroxylation is 2. The first kappa shape index (κ1) is 29.2. The summed E-state index contributed by atoms with van der Waals surface area (Å²) in [5, 5.41) is 10.4. The maximum atomic E-state index is 13.3. The number of nitrogens with zero attached hydrogens (tertiary/aromatic N) is 2. The lowest BCUT2D eigenvalue weighted by atomic mass is 9.83. The number of nitrogens with one attached hydrogen (secondary N) is 3. The van der Waals surface area contributed by atoms with Gasteiger partial charge in [-0.15, -0.1) is 0 Å². The number of aromatic nitrogens is 1. The number of carbonyl (C=O) groups excluding carboxylic acids is 1. The second-order valence-electron chi connectivity index (χ2n) is 12.4. The molecule has 8 heteroatoms. The number of hydrogen-bond donors (Lipinski definition) is 3. The predicted octanol–water partition coefficient (Wildman–Crippen LogP) is 6.52. The van der Waals surface area contributed by atoms with Gasteiger partial charge in [0.25, 0.3) is 11.5 Å². The van der Waals surface area contributed by atoms with Gasteiger partial charge in [-0.3, -0.25) is 9.59 Å². The van der Waals surface area contributed by atoms with Crippen LogP contribution >= 0.6 is 12.2 Å². The molecule has 0 spiro atoms. The molecule has 1 aromatic heterocycles. The maximum absolute atomic E-state index is 13.3. The van der Waals surface area contributed by atoms with Crippen LogP contribution in [0.25, 0.3) is 0 Å². The number of thiocarbonyl (C=S) groups is 1. The summed E-state index contributed by atoms with van der Waals surface area (Å²) in [6.45, 7) is 7.14. The zero-order chi connectivity index (χ0) is 29.9. The van der Waals surface area contributed by atoms with Gasteiger partial charge in [-0.05, 0) is 118 Å². The van der Waals surface area contributed by atoms with Gasteiger partial charge in [-0.25, -0.2) is 0 Å². The molecule has 1 amide bonds. The lowest BCUT2D eigenvalue weighted by Crippen LogP contribution is -2.47. The Kier molecular flexibility index (Phi) is 8.66. The van der Waals surface area contributed by atoms with Crippen LogP contribution in [0.1, 0.15) is 71.6 Å². The van der Waals surface area contributed by atoms with Crippen molar-refractivity contribution in [2.45, 2.75) is 64.8 Å². The first-order valence-electron chi connectivity index (χ1n) is 15.5. The van der Waals surface area contributed by atoms with Crippen molar-refractivity contribution in [1.29, 1.82) is 0 Å². The molecule has 2 unspecified atom stereocenters. The van der Waals surface area contributed by atoms with Crippen molar-refractivity contribution in [3.63, 3.8) is 0 Å². The van der Waals surface area contributed by atoms with E-state index in [9.17, 15) is 9.59 Å². The Morgan fingerprint density at radius 3 is 2.60 bits per heavy atom. The Bertz CT molecular complexity index is 1610. The number of carbonyl (C=O) groups is 1. The Morgan fingerprint density at radius 1 is 0.977 bits per heavy atom. The van der Waals surface area contributed by atoms with Crippen LogP contribution in [0.15, 0.2) is 71.0 Å². The van der Waals surface area contributed by atoms with Crippen LogP contribution in [-0.4, -0.2) is 35.2 Å². The molecule has 224 valence electrons. The molecule has 0 radical (unpaired) electrons. The smallest absolute Gasteiger partial charge is 0.251 e. The zero-order valence-corrected chi connectivity index (χ0v) is 25.9. The molecule has 6 rings (SSSR count).